The van der Waals surface area contributed by atoms with Gasteiger partial charge in [0.25, 0.3) is 0 Å². The molecule has 0 fully saturated rings. The number of hydrogen-bond acceptors (Lipinski definition) is 2. The summed E-state index contributed by atoms with van der Waals surface area (Å²) >= 11 is 0. The summed E-state index contributed by atoms with van der Waals surface area (Å²) < 4.78 is 0. The highest BCUT2D eigenvalue weighted by Crippen LogP contribution is 2.11. The van der Waals surface area contributed by atoms with Crippen molar-refractivity contribution in [3.63, 3.8) is 0 Å². The summed E-state index contributed by atoms with van der Waals surface area (Å²) in [6.07, 6.45) is 5.18. The second-order valence-corrected chi connectivity index (χ2v) is 4.13. The molecule has 0 aliphatic rings. The van der Waals surface area contributed by atoms with Gasteiger partial charge in [-0.1, -0.05) is 32.8 Å². The molecule has 1 rings (SSSR count). The van der Waals surface area contributed by atoms with Gasteiger partial charge in [-0.05, 0) is 18.1 Å². The standard InChI is InChI=1S/C13H19NO/c1-3-6-11(2)9-13(15)10-12-7-4-5-8-14-12/h4-5,7-8,11H,3,6,9-10H2,1-2H3. The molecule has 0 aliphatic carbocycles. The van der Waals surface area contributed by atoms with Crippen LogP contribution in [0.15, 0.2) is 24.4 Å². The van der Waals surface area contributed by atoms with Crippen LogP contribution < -0.4 is 0 Å². The number of ketones is 1. The Kier molecular flexibility index (Phi) is 5.02. The summed E-state index contributed by atoms with van der Waals surface area (Å²) in [6.45, 7) is 4.29. The maximum absolute atomic E-state index is 11.7. The molecular formula is C13H19NO. The molecule has 0 aromatic carbocycles. The highest BCUT2D eigenvalue weighted by atomic mass is 16.1. The van der Waals surface area contributed by atoms with Gasteiger partial charge < -0.3 is 0 Å². The largest absolute Gasteiger partial charge is 0.299 e. The quantitative estimate of drug-likeness (QED) is 0.714. The molecule has 1 heterocycles. The number of carbonyl (C=O) groups excluding carboxylic acids is 1. The normalized spacial score (nSPS) is 12.4. The zero-order chi connectivity index (χ0) is 11.1. The lowest BCUT2D eigenvalue weighted by Gasteiger charge is -2.08. The van der Waals surface area contributed by atoms with Gasteiger partial charge in [-0.3, -0.25) is 9.78 Å². The van der Waals surface area contributed by atoms with Crippen LogP contribution in [0.5, 0.6) is 0 Å². The Morgan fingerprint density at radius 1 is 1.47 bits per heavy atom. The summed E-state index contributed by atoms with van der Waals surface area (Å²) in [5, 5.41) is 0. The van der Waals surface area contributed by atoms with E-state index in [1.54, 1.807) is 6.20 Å². The molecule has 82 valence electrons. The average Bonchev–Trinajstić information content (AvgIpc) is 2.19. The van der Waals surface area contributed by atoms with Crippen molar-refractivity contribution >= 4 is 5.78 Å². The van der Waals surface area contributed by atoms with Gasteiger partial charge in [0.1, 0.15) is 5.78 Å². The maximum Gasteiger partial charge on any atom is 0.139 e. The molecule has 2 heteroatoms. The Balaban J connectivity index is 2.36. The van der Waals surface area contributed by atoms with Crippen LogP contribution in [-0.2, 0) is 11.2 Å². The Hall–Kier alpha value is -1.18. The van der Waals surface area contributed by atoms with Gasteiger partial charge in [-0.25, -0.2) is 0 Å². The zero-order valence-electron chi connectivity index (χ0n) is 9.57. The van der Waals surface area contributed by atoms with Gasteiger partial charge in [-0.15, -0.1) is 0 Å². The second-order valence-electron chi connectivity index (χ2n) is 4.13. The molecule has 1 atom stereocenters. The minimum absolute atomic E-state index is 0.301. The molecule has 0 aliphatic heterocycles. The molecule has 15 heavy (non-hydrogen) atoms. The molecule has 0 saturated heterocycles. The zero-order valence-corrected chi connectivity index (χ0v) is 9.57. The van der Waals surface area contributed by atoms with Gasteiger partial charge in [-0.2, -0.15) is 0 Å². The first-order valence-corrected chi connectivity index (χ1v) is 5.64. The Labute approximate surface area is 91.7 Å². The summed E-state index contributed by atoms with van der Waals surface area (Å²) in [7, 11) is 0. The van der Waals surface area contributed by atoms with E-state index >= 15 is 0 Å². The van der Waals surface area contributed by atoms with Gasteiger partial charge in [0.05, 0.1) is 0 Å². The van der Waals surface area contributed by atoms with E-state index in [4.69, 9.17) is 0 Å². The van der Waals surface area contributed by atoms with Crippen molar-refractivity contribution in [3.05, 3.63) is 30.1 Å². The lowest BCUT2D eigenvalue weighted by Crippen LogP contribution is -2.09. The topological polar surface area (TPSA) is 30.0 Å². The predicted molar refractivity (Wildman–Crippen MR) is 61.6 cm³/mol. The van der Waals surface area contributed by atoms with Gasteiger partial charge in [0.2, 0.25) is 0 Å². The first kappa shape index (κ1) is 11.9. The summed E-state index contributed by atoms with van der Waals surface area (Å²) in [6, 6.07) is 5.70. The molecule has 0 spiro atoms. The molecule has 1 unspecified atom stereocenters. The Bertz CT molecular complexity index is 295. The van der Waals surface area contributed by atoms with E-state index in [-0.39, 0.29) is 0 Å². The van der Waals surface area contributed by atoms with Crippen molar-refractivity contribution in [2.45, 2.75) is 39.5 Å². The van der Waals surface area contributed by atoms with E-state index in [0.717, 1.165) is 18.5 Å². The van der Waals surface area contributed by atoms with Crippen molar-refractivity contribution in [2.24, 2.45) is 5.92 Å². The number of carbonyl (C=O) groups is 1. The van der Waals surface area contributed by atoms with Crippen LogP contribution in [0.25, 0.3) is 0 Å². The third-order valence-electron chi connectivity index (χ3n) is 2.46. The van der Waals surface area contributed by atoms with Crippen LogP contribution in [0.3, 0.4) is 0 Å². The van der Waals surface area contributed by atoms with Gasteiger partial charge >= 0.3 is 0 Å². The number of aromatic nitrogens is 1. The molecular weight excluding hydrogens is 186 g/mol. The number of pyridine rings is 1. The van der Waals surface area contributed by atoms with E-state index < -0.39 is 0 Å². The fraction of sp³-hybridized carbons (Fsp3) is 0.538. The monoisotopic (exact) mass is 205 g/mol. The molecule has 1 aromatic heterocycles. The lowest BCUT2D eigenvalue weighted by atomic mass is 9.97. The highest BCUT2D eigenvalue weighted by Gasteiger charge is 2.09. The maximum atomic E-state index is 11.7. The third-order valence-corrected chi connectivity index (χ3v) is 2.46. The Morgan fingerprint density at radius 3 is 2.87 bits per heavy atom. The first-order valence-electron chi connectivity index (χ1n) is 5.64. The van der Waals surface area contributed by atoms with Crippen molar-refractivity contribution in [3.8, 4) is 0 Å². The van der Waals surface area contributed by atoms with Crippen LogP contribution in [0, 0.1) is 5.92 Å². The molecule has 0 bridgehead atoms. The molecule has 0 saturated carbocycles. The molecule has 0 amide bonds. The molecule has 0 radical (unpaired) electrons. The van der Waals surface area contributed by atoms with Crippen LogP contribution in [0.4, 0.5) is 0 Å². The van der Waals surface area contributed by atoms with Crippen LogP contribution in [-0.4, -0.2) is 10.8 Å². The van der Waals surface area contributed by atoms with Crippen molar-refractivity contribution in [1.82, 2.24) is 4.98 Å². The summed E-state index contributed by atoms with van der Waals surface area (Å²) in [5.41, 5.74) is 0.881. The SMILES string of the molecule is CCCC(C)CC(=O)Cc1ccccn1. The first-order chi connectivity index (χ1) is 7.22. The summed E-state index contributed by atoms with van der Waals surface area (Å²) in [5.74, 6) is 0.806. The van der Waals surface area contributed by atoms with E-state index in [0.29, 0.717) is 24.5 Å². The van der Waals surface area contributed by atoms with E-state index in [2.05, 4.69) is 18.8 Å². The Morgan fingerprint density at radius 2 is 2.27 bits per heavy atom. The second kappa shape index (κ2) is 6.33. The molecule has 0 N–H and O–H groups in total. The number of Topliss-reactive ketones (excluding diaryl/α,β-unsaturated/α-hetero) is 1. The third kappa shape index (κ3) is 4.73. The smallest absolute Gasteiger partial charge is 0.139 e. The lowest BCUT2D eigenvalue weighted by molar-refractivity contribution is -0.119. The molecule has 2 nitrogen and oxygen atoms in total. The summed E-state index contributed by atoms with van der Waals surface area (Å²) in [4.78, 5) is 15.8. The van der Waals surface area contributed by atoms with Gasteiger partial charge in [0, 0.05) is 24.7 Å². The average molecular weight is 205 g/mol. The van der Waals surface area contributed by atoms with Crippen LogP contribution in [0.2, 0.25) is 0 Å². The van der Waals surface area contributed by atoms with Crippen LogP contribution in [0.1, 0.15) is 38.8 Å². The van der Waals surface area contributed by atoms with Crippen LogP contribution >= 0.6 is 0 Å². The fourth-order valence-corrected chi connectivity index (χ4v) is 1.76. The van der Waals surface area contributed by atoms with E-state index in [1.165, 1.54) is 0 Å². The van der Waals surface area contributed by atoms with Crippen molar-refractivity contribution < 1.29 is 4.79 Å². The van der Waals surface area contributed by atoms with E-state index in [9.17, 15) is 4.79 Å². The van der Waals surface area contributed by atoms with Crippen molar-refractivity contribution in [2.75, 3.05) is 0 Å². The molecule has 1 aromatic rings. The van der Waals surface area contributed by atoms with E-state index in [1.807, 2.05) is 18.2 Å². The van der Waals surface area contributed by atoms with Gasteiger partial charge in [0.15, 0.2) is 0 Å². The minimum atomic E-state index is 0.301. The minimum Gasteiger partial charge on any atom is -0.299 e. The fourth-order valence-electron chi connectivity index (χ4n) is 1.76. The number of rotatable bonds is 6. The van der Waals surface area contributed by atoms with Crippen molar-refractivity contribution in [1.29, 1.82) is 0 Å². The predicted octanol–water partition coefficient (Wildman–Crippen LogP) is 3.02. The number of nitrogens with zero attached hydrogens (tertiary/aromatic N) is 1. The highest BCUT2D eigenvalue weighted by molar-refractivity contribution is 5.80. The number of hydrogen-bond donors (Lipinski definition) is 0.